The molecule has 0 amide bonds. The fourth-order valence-electron chi connectivity index (χ4n) is 5.06. The molecule has 6 rings (SSSR count). The maximum absolute atomic E-state index is 6.27. The average Bonchev–Trinajstić information content (AvgIpc) is 3.19. The number of aromatic nitrogens is 5. The van der Waals surface area contributed by atoms with Crippen LogP contribution < -0.4 is 10.6 Å². The fourth-order valence-corrected chi connectivity index (χ4v) is 6.10. The summed E-state index contributed by atoms with van der Waals surface area (Å²) in [5, 5.41) is 1.22. The molecule has 2 aliphatic rings. The molecular formula is C25H24ClN7S. The van der Waals surface area contributed by atoms with Crippen molar-refractivity contribution in [2.75, 3.05) is 23.7 Å². The highest BCUT2D eigenvalue weighted by Crippen LogP contribution is 2.44. The average molecular weight is 490 g/mol. The predicted molar refractivity (Wildman–Crippen MR) is 135 cm³/mol. The van der Waals surface area contributed by atoms with E-state index in [9.17, 15) is 0 Å². The second kappa shape index (κ2) is 8.36. The molecule has 0 bridgehead atoms. The van der Waals surface area contributed by atoms with Crippen molar-refractivity contribution in [3.8, 4) is 0 Å². The Labute approximate surface area is 207 Å². The topological polar surface area (TPSA) is 93.7 Å². The van der Waals surface area contributed by atoms with Gasteiger partial charge in [0.05, 0.1) is 11.2 Å². The van der Waals surface area contributed by atoms with Crippen LogP contribution in [0.2, 0.25) is 5.02 Å². The smallest absolute Gasteiger partial charge is 0.179 e. The molecule has 9 heteroatoms. The normalized spacial score (nSPS) is 16.8. The van der Waals surface area contributed by atoms with Gasteiger partial charge < -0.3 is 10.6 Å². The molecule has 0 atom stereocenters. The van der Waals surface area contributed by atoms with Gasteiger partial charge in [-0.3, -0.25) is 4.98 Å². The first-order valence-electron chi connectivity index (χ1n) is 11.4. The van der Waals surface area contributed by atoms with Crippen LogP contribution in [-0.2, 0) is 12.8 Å². The number of halogens is 1. The van der Waals surface area contributed by atoms with E-state index in [2.05, 4.69) is 38.9 Å². The van der Waals surface area contributed by atoms with Crippen LogP contribution in [0.25, 0.3) is 11.2 Å². The highest BCUT2D eigenvalue weighted by molar-refractivity contribution is 7.99. The van der Waals surface area contributed by atoms with Gasteiger partial charge in [-0.05, 0) is 67.9 Å². The third-order valence-electron chi connectivity index (χ3n) is 6.93. The van der Waals surface area contributed by atoms with E-state index < -0.39 is 0 Å². The maximum atomic E-state index is 6.27. The zero-order valence-electron chi connectivity index (χ0n) is 18.8. The second-order valence-electron chi connectivity index (χ2n) is 9.23. The van der Waals surface area contributed by atoms with Gasteiger partial charge in [0.2, 0.25) is 0 Å². The Hall–Kier alpha value is -2.97. The third-order valence-corrected chi connectivity index (χ3v) is 8.43. The lowest BCUT2D eigenvalue weighted by Gasteiger charge is -2.39. The molecule has 1 fully saturated rings. The van der Waals surface area contributed by atoms with Crippen LogP contribution in [0.4, 0.5) is 11.6 Å². The Morgan fingerprint density at radius 3 is 2.71 bits per heavy atom. The van der Waals surface area contributed by atoms with Gasteiger partial charge in [0.25, 0.3) is 0 Å². The SMILES string of the molecule is Cc1ccc2c(n1)CC1(CCN(c3cnc4nc(Sc5ccnc(N)c5Cl)ccc4n3)CC1)C2. The second-order valence-corrected chi connectivity index (χ2v) is 10.7. The quantitative estimate of drug-likeness (QED) is 0.434. The van der Waals surface area contributed by atoms with Crippen molar-refractivity contribution >= 4 is 46.2 Å². The molecule has 172 valence electrons. The molecule has 1 saturated heterocycles. The van der Waals surface area contributed by atoms with E-state index in [1.165, 1.54) is 23.0 Å². The first-order valence-corrected chi connectivity index (χ1v) is 12.6. The van der Waals surface area contributed by atoms with Crippen LogP contribution in [0.5, 0.6) is 0 Å². The summed E-state index contributed by atoms with van der Waals surface area (Å²) >= 11 is 7.71. The lowest BCUT2D eigenvalue weighted by atomic mass is 9.76. The van der Waals surface area contributed by atoms with Gasteiger partial charge in [-0.25, -0.2) is 19.9 Å². The number of rotatable bonds is 3. The Kier molecular flexibility index (Phi) is 5.30. The molecule has 1 aliphatic carbocycles. The number of hydrogen-bond acceptors (Lipinski definition) is 8. The van der Waals surface area contributed by atoms with Crippen LogP contribution in [0.3, 0.4) is 0 Å². The van der Waals surface area contributed by atoms with Gasteiger partial charge in [0.1, 0.15) is 22.2 Å². The maximum Gasteiger partial charge on any atom is 0.179 e. The van der Waals surface area contributed by atoms with Gasteiger partial charge in [-0.2, -0.15) is 0 Å². The van der Waals surface area contributed by atoms with Crippen molar-refractivity contribution in [2.24, 2.45) is 5.41 Å². The summed E-state index contributed by atoms with van der Waals surface area (Å²) in [5.74, 6) is 1.23. The summed E-state index contributed by atoms with van der Waals surface area (Å²) in [4.78, 5) is 26.1. The van der Waals surface area contributed by atoms with Gasteiger partial charge in [0.15, 0.2) is 5.65 Å². The molecule has 0 aromatic carbocycles. The molecule has 1 spiro atoms. The van der Waals surface area contributed by atoms with Crippen molar-refractivity contribution in [1.82, 2.24) is 24.9 Å². The number of hydrogen-bond donors (Lipinski definition) is 1. The zero-order valence-corrected chi connectivity index (χ0v) is 20.4. The zero-order chi connectivity index (χ0) is 23.3. The number of fused-ring (bicyclic) bond motifs is 2. The van der Waals surface area contributed by atoms with Crippen LogP contribution in [0, 0.1) is 12.3 Å². The standard InChI is InChI=1S/C25H24ClN7S/c1-15-2-3-16-12-25(13-18(16)30-15)7-10-33(11-8-25)20-14-29-24-17(31-20)4-5-21(32-24)34-19-6-9-28-23(27)22(19)26/h2-6,9,14H,7-8,10-13H2,1H3,(H2,27,28). The molecule has 4 aromatic rings. The van der Waals surface area contributed by atoms with Crippen molar-refractivity contribution in [3.05, 3.63) is 64.7 Å². The summed E-state index contributed by atoms with van der Waals surface area (Å²) in [5.41, 5.74) is 11.4. The number of nitrogens with zero attached hydrogens (tertiary/aromatic N) is 6. The van der Waals surface area contributed by atoms with E-state index in [0.717, 1.165) is 65.7 Å². The van der Waals surface area contributed by atoms with Crippen LogP contribution in [-0.4, -0.2) is 38.0 Å². The van der Waals surface area contributed by atoms with Gasteiger partial charge in [0, 0.05) is 35.6 Å². The van der Waals surface area contributed by atoms with Crippen molar-refractivity contribution in [1.29, 1.82) is 0 Å². The minimum atomic E-state index is 0.313. The predicted octanol–water partition coefficient (Wildman–Crippen LogP) is 4.90. The molecule has 34 heavy (non-hydrogen) atoms. The molecule has 0 saturated carbocycles. The Balaban J connectivity index is 1.16. The fraction of sp³-hybridized carbons (Fsp3) is 0.320. The summed E-state index contributed by atoms with van der Waals surface area (Å²) in [6, 6.07) is 10.1. The number of anilines is 2. The minimum Gasteiger partial charge on any atom is -0.382 e. The molecule has 4 aromatic heterocycles. The first-order chi connectivity index (χ1) is 16.5. The molecule has 2 N–H and O–H groups in total. The summed E-state index contributed by atoms with van der Waals surface area (Å²) in [6.45, 7) is 4.04. The van der Waals surface area contributed by atoms with Gasteiger partial charge in [-0.15, -0.1) is 0 Å². The first kappa shape index (κ1) is 21.6. The molecule has 5 heterocycles. The van der Waals surface area contributed by atoms with Gasteiger partial charge in [-0.1, -0.05) is 29.4 Å². The largest absolute Gasteiger partial charge is 0.382 e. The molecule has 0 radical (unpaired) electrons. The highest BCUT2D eigenvalue weighted by Gasteiger charge is 2.40. The highest BCUT2D eigenvalue weighted by atomic mass is 35.5. The van der Waals surface area contributed by atoms with E-state index in [1.54, 1.807) is 6.20 Å². The van der Waals surface area contributed by atoms with Crippen molar-refractivity contribution in [2.45, 2.75) is 42.5 Å². The molecule has 7 nitrogen and oxygen atoms in total. The third kappa shape index (κ3) is 3.95. The Morgan fingerprint density at radius 2 is 1.85 bits per heavy atom. The number of aryl methyl sites for hydroxylation is 1. The lowest BCUT2D eigenvalue weighted by molar-refractivity contribution is 0.231. The summed E-state index contributed by atoms with van der Waals surface area (Å²) < 4.78 is 0. The van der Waals surface area contributed by atoms with Crippen LogP contribution in [0.1, 0.15) is 29.8 Å². The molecular weight excluding hydrogens is 466 g/mol. The summed E-state index contributed by atoms with van der Waals surface area (Å²) in [6.07, 6.45) is 8.01. The van der Waals surface area contributed by atoms with E-state index in [1.807, 2.05) is 24.4 Å². The van der Waals surface area contributed by atoms with Crippen molar-refractivity contribution < 1.29 is 0 Å². The summed E-state index contributed by atoms with van der Waals surface area (Å²) in [7, 11) is 0. The Bertz CT molecular complexity index is 1400. The van der Waals surface area contributed by atoms with E-state index >= 15 is 0 Å². The Morgan fingerprint density at radius 1 is 1.00 bits per heavy atom. The molecule has 0 unspecified atom stereocenters. The monoisotopic (exact) mass is 489 g/mol. The van der Waals surface area contributed by atoms with E-state index in [0.29, 0.717) is 21.9 Å². The van der Waals surface area contributed by atoms with E-state index in [-0.39, 0.29) is 0 Å². The van der Waals surface area contributed by atoms with Gasteiger partial charge >= 0.3 is 0 Å². The van der Waals surface area contributed by atoms with Crippen LogP contribution >= 0.6 is 23.4 Å². The number of piperidine rings is 1. The lowest BCUT2D eigenvalue weighted by Crippen LogP contribution is -2.41. The van der Waals surface area contributed by atoms with Crippen LogP contribution in [0.15, 0.2) is 52.6 Å². The minimum absolute atomic E-state index is 0.313. The number of nitrogens with two attached hydrogens (primary N) is 1. The number of pyridine rings is 3. The number of nitrogen functional groups attached to an aromatic ring is 1. The molecule has 1 aliphatic heterocycles. The van der Waals surface area contributed by atoms with E-state index in [4.69, 9.17) is 27.3 Å². The van der Waals surface area contributed by atoms with Crippen molar-refractivity contribution in [3.63, 3.8) is 0 Å².